The predicted molar refractivity (Wildman–Crippen MR) is 76.9 cm³/mol. The normalized spacial score (nSPS) is 10.9. The molecule has 1 nitrogen and oxygen atoms in total. The minimum atomic E-state index is 0.596. The van der Waals surface area contributed by atoms with Gasteiger partial charge in [0.2, 0.25) is 0 Å². The summed E-state index contributed by atoms with van der Waals surface area (Å²) in [6.07, 6.45) is 2.33. The summed E-state index contributed by atoms with van der Waals surface area (Å²) in [5.74, 6) is 0. The highest BCUT2D eigenvalue weighted by atomic mass is 79.9. The van der Waals surface area contributed by atoms with Crippen LogP contribution >= 0.6 is 27.5 Å². The third kappa shape index (κ3) is 3.14. The predicted octanol–water partition coefficient (Wildman–Crippen LogP) is 4.86. The number of alkyl halides is 1. The second-order valence-electron chi connectivity index (χ2n) is 3.99. The molecule has 3 heteroatoms. The van der Waals surface area contributed by atoms with Gasteiger partial charge >= 0.3 is 0 Å². The molecule has 0 aromatic heterocycles. The van der Waals surface area contributed by atoms with Crippen LogP contribution in [0.15, 0.2) is 18.2 Å². The SMILES string of the molecule is CCC(CC)N(C)c1ccc(Cl)cc1CBr. The summed E-state index contributed by atoms with van der Waals surface area (Å²) in [7, 11) is 2.16. The largest absolute Gasteiger partial charge is 0.371 e. The maximum absolute atomic E-state index is 6.01. The Morgan fingerprint density at radius 2 is 1.94 bits per heavy atom. The Balaban J connectivity index is 3.02. The number of nitrogens with zero attached hydrogens (tertiary/aromatic N) is 1. The fraction of sp³-hybridized carbons (Fsp3) is 0.538. The first-order chi connectivity index (χ1) is 7.63. The van der Waals surface area contributed by atoms with Gasteiger partial charge in [-0.05, 0) is 36.6 Å². The fourth-order valence-corrected chi connectivity index (χ4v) is 2.68. The lowest BCUT2D eigenvalue weighted by atomic mass is 10.1. The van der Waals surface area contributed by atoms with Crippen LogP contribution in [0.3, 0.4) is 0 Å². The number of hydrogen-bond acceptors (Lipinski definition) is 1. The zero-order valence-corrected chi connectivity index (χ0v) is 12.5. The highest BCUT2D eigenvalue weighted by Gasteiger charge is 2.14. The van der Waals surface area contributed by atoms with Gasteiger partial charge in [-0.1, -0.05) is 41.4 Å². The molecule has 0 atom stereocenters. The molecule has 0 bridgehead atoms. The van der Waals surface area contributed by atoms with Crippen LogP contribution in [-0.4, -0.2) is 13.1 Å². The Labute approximate surface area is 112 Å². The van der Waals surface area contributed by atoms with Crippen molar-refractivity contribution < 1.29 is 0 Å². The summed E-state index contributed by atoms with van der Waals surface area (Å²) in [6, 6.07) is 6.70. The average Bonchev–Trinajstić information content (AvgIpc) is 2.30. The van der Waals surface area contributed by atoms with Crippen molar-refractivity contribution in [3.63, 3.8) is 0 Å². The zero-order chi connectivity index (χ0) is 12.1. The molecule has 0 N–H and O–H groups in total. The number of rotatable bonds is 5. The van der Waals surface area contributed by atoms with E-state index in [0.717, 1.165) is 23.2 Å². The monoisotopic (exact) mass is 303 g/mol. The first-order valence-corrected chi connectivity index (χ1v) is 7.21. The van der Waals surface area contributed by atoms with Crippen molar-refractivity contribution in [2.75, 3.05) is 11.9 Å². The van der Waals surface area contributed by atoms with Gasteiger partial charge in [-0.3, -0.25) is 0 Å². The molecule has 0 aliphatic carbocycles. The van der Waals surface area contributed by atoms with Crippen molar-refractivity contribution in [2.45, 2.75) is 38.1 Å². The van der Waals surface area contributed by atoms with Gasteiger partial charge < -0.3 is 4.90 Å². The van der Waals surface area contributed by atoms with E-state index in [9.17, 15) is 0 Å². The van der Waals surface area contributed by atoms with Crippen molar-refractivity contribution in [3.8, 4) is 0 Å². The Hall–Kier alpha value is -0.210. The zero-order valence-electron chi connectivity index (χ0n) is 10.1. The lowest BCUT2D eigenvalue weighted by molar-refractivity contribution is 0.590. The number of hydrogen-bond donors (Lipinski definition) is 0. The molecule has 0 unspecified atom stereocenters. The molecule has 0 aliphatic rings. The third-order valence-electron chi connectivity index (χ3n) is 3.06. The molecule has 90 valence electrons. The van der Waals surface area contributed by atoms with Gasteiger partial charge in [-0.25, -0.2) is 0 Å². The summed E-state index contributed by atoms with van der Waals surface area (Å²) in [5.41, 5.74) is 2.52. The smallest absolute Gasteiger partial charge is 0.0410 e. The minimum absolute atomic E-state index is 0.596. The van der Waals surface area contributed by atoms with E-state index in [1.54, 1.807) is 0 Å². The molecule has 1 aromatic rings. The standard InChI is InChI=1S/C13H19BrClN/c1-4-12(5-2)16(3)13-7-6-11(15)8-10(13)9-14/h6-8,12H,4-5,9H2,1-3H3. The molecule has 0 radical (unpaired) electrons. The molecule has 16 heavy (non-hydrogen) atoms. The van der Waals surface area contributed by atoms with Gasteiger partial charge in [0.25, 0.3) is 0 Å². The lowest BCUT2D eigenvalue weighted by Crippen LogP contribution is -2.30. The van der Waals surface area contributed by atoms with Crippen molar-refractivity contribution >= 4 is 33.2 Å². The van der Waals surface area contributed by atoms with Gasteiger partial charge in [0.05, 0.1) is 0 Å². The fourth-order valence-electron chi connectivity index (χ4n) is 2.04. The molecule has 0 aliphatic heterocycles. The molecule has 1 aromatic carbocycles. The van der Waals surface area contributed by atoms with Crippen LogP contribution in [-0.2, 0) is 5.33 Å². The van der Waals surface area contributed by atoms with E-state index < -0.39 is 0 Å². The van der Waals surface area contributed by atoms with Crippen LogP contribution < -0.4 is 4.90 Å². The third-order valence-corrected chi connectivity index (χ3v) is 3.89. The topological polar surface area (TPSA) is 3.24 Å². The highest BCUT2D eigenvalue weighted by molar-refractivity contribution is 9.08. The molecule has 0 saturated heterocycles. The van der Waals surface area contributed by atoms with Gasteiger partial charge in [0.15, 0.2) is 0 Å². The van der Waals surface area contributed by atoms with E-state index in [1.807, 2.05) is 12.1 Å². The molecule has 0 fully saturated rings. The Bertz CT molecular complexity index is 337. The molecular formula is C13H19BrClN. The van der Waals surface area contributed by atoms with Crippen molar-refractivity contribution in [1.82, 2.24) is 0 Å². The second-order valence-corrected chi connectivity index (χ2v) is 4.99. The number of anilines is 1. The first-order valence-electron chi connectivity index (χ1n) is 5.71. The van der Waals surface area contributed by atoms with Gasteiger partial charge in [0, 0.05) is 29.1 Å². The number of halogens is 2. The first kappa shape index (κ1) is 13.9. The maximum atomic E-state index is 6.01. The summed E-state index contributed by atoms with van der Waals surface area (Å²) in [5, 5.41) is 1.64. The van der Waals surface area contributed by atoms with Gasteiger partial charge in [-0.15, -0.1) is 0 Å². The van der Waals surface area contributed by atoms with Crippen LogP contribution in [0.5, 0.6) is 0 Å². The summed E-state index contributed by atoms with van der Waals surface area (Å²) >= 11 is 9.53. The van der Waals surface area contributed by atoms with E-state index in [1.165, 1.54) is 11.3 Å². The number of benzene rings is 1. The van der Waals surface area contributed by atoms with Crippen molar-refractivity contribution in [2.24, 2.45) is 0 Å². The molecule has 0 spiro atoms. The van der Waals surface area contributed by atoms with E-state index in [2.05, 4.69) is 47.8 Å². The van der Waals surface area contributed by atoms with E-state index >= 15 is 0 Å². The summed E-state index contributed by atoms with van der Waals surface area (Å²) < 4.78 is 0. The van der Waals surface area contributed by atoms with Crippen LogP contribution in [0.1, 0.15) is 32.3 Å². The van der Waals surface area contributed by atoms with Gasteiger partial charge in [0.1, 0.15) is 0 Å². The second kappa shape index (κ2) is 6.51. The molecule has 1 rings (SSSR count). The van der Waals surface area contributed by atoms with Crippen LogP contribution in [0.25, 0.3) is 0 Å². The van der Waals surface area contributed by atoms with Crippen LogP contribution in [0.2, 0.25) is 5.02 Å². The Morgan fingerprint density at radius 1 is 1.31 bits per heavy atom. The highest BCUT2D eigenvalue weighted by Crippen LogP contribution is 2.28. The quantitative estimate of drug-likeness (QED) is 0.702. The van der Waals surface area contributed by atoms with Crippen LogP contribution in [0, 0.1) is 0 Å². The maximum Gasteiger partial charge on any atom is 0.0410 e. The van der Waals surface area contributed by atoms with Crippen molar-refractivity contribution in [3.05, 3.63) is 28.8 Å². The lowest BCUT2D eigenvalue weighted by Gasteiger charge is -2.30. The molecular weight excluding hydrogens is 286 g/mol. The van der Waals surface area contributed by atoms with E-state index in [-0.39, 0.29) is 0 Å². The van der Waals surface area contributed by atoms with Crippen LogP contribution in [0.4, 0.5) is 5.69 Å². The summed E-state index contributed by atoms with van der Waals surface area (Å²) in [4.78, 5) is 2.35. The van der Waals surface area contributed by atoms with Crippen molar-refractivity contribution in [1.29, 1.82) is 0 Å². The molecule has 0 saturated carbocycles. The molecule has 0 heterocycles. The Kier molecular flexibility index (Phi) is 5.63. The average molecular weight is 305 g/mol. The minimum Gasteiger partial charge on any atom is -0.371 e. The molecule has 0 amide bonds. The van der Waals surface area contributed by atoms with E-state index in [4.69, 9.17) is 11.6 Å². The van der Waals surface area contributed by atoms with Gasteiger partial charge in [-0.2, -0.15) is 0 Å². The van der Waals surface area contributed by atoms with E-state index in [0.29, 0.717) is 6.04 Å². The summed E-state index contributed by atoms with van der Waals surface area (Å²) in [6.45, 7) is 4.46. The Morgan fingerprint density at radius 3 is 2.44 bits per heavy atom.